The number of pyridine rings is 1. The van der Waals surface area contributed by atoms with Crippen molar-refractivity contribution in [2.75, 3.05) is 61.9 Å². The number of rotatable bonds is 12. The van der Waals surface area contributed by atoms with E-state index in [-0.39, 0.29) is 62.9 Å². The number of likely N-dealkylation sites (tertiary alicyclic amines) is 1. The van der Waals surface area contributed by atoms with E-state index in [2.05, 4.69) is 42.0 Å². The molecule has 2 amide bonds. The normalized spacial score (nSPS) is 23.2. The summed E-state index contributed by atoms with van der Waals surface area (Å²) in [7, 11) is 1.81. The number of hydrogen-bond acceptors (Lipinski definition) is 13. The Bertz CT molecular complexity index is 2890. The molecule has 346 valence electrons. The van der Waals surface area contributed by atoms with Crippen LogP contribution in [-0.2, 0) is 9.59 Å². The molecule has 6 heterocycles. The number of aromatic nitrogens is 3. The Morgan fingerprint density at radius 3 is 2.52 bits per heavy atom. The molecule has 2 bridgehead atoms. The van der Waals surface area contributed by atoms with Crippen LogP contribution in [0.5, 0.6) is 11.8 Å². The Labute approximate surface area is 387 Å². The van der Waals surface area contributed by atoms with Gasteiger partial charge in [-0.15, -0.1) is 6.42 Å². The summed E-state index contributed by atoms with van der Waals surface area (Å²) in [5.41, 5.74) is 2.93. The number of amides is 2. The number of ether oxygens (including phenoxy) is 1. The van der Waals surface area contributed by atoms with Crippen LogP contribution in [0.15, 0.2) is 48.7 Å². The lowest BCUT2D eigenvalue weighted by atomic mass is 9.60. The van der Waals surface area contributed by atoms with Crippen LogP contribution in [0.1, 0.15) is 75.3 Å². The number of halogens is 2. The van der Waals surface area contributed by atoms with Crippen LogP contribution in [0, 0.1) is 46.1 Å². The predicted octanol–water partition coefficient (Wildman–Crippen LogP) is 6.73. The first-order valence-corrected chi connectivity index (χ1v) is 23.5. The maximum absolute atomic E-state index is 17.1. The number of anilines is 3. The summed E-state index contributed by atoms with van der Waals surface area (Å²) in [5.74, 6) is 0.138. The number of nitrogens with one attached hydrogen (secondary N) is 5. The number of carbonyl (C=O) groups is 2. The van der Waals surface area contributed by atoms with Gasteiger partial charge in [-0.3, -0.25) is 19.9 Å². The Hall–Kier alpha value is -6.44. The Kier molecular flexibility index (Phi) is 10.8. The minimum atomic E-state index is -0.732. The minimum Gasteiger partial charge on any atom is -0.508 e. The number of piperidine rings is 2. The van der Waals surface area contributed by atoms with Gasteiger partial charge in [0.15, 0.2) is 5.82 Å². The van der Waals surface area contributed by atoms with Crippen molar-refractivity contribution >= 4 is 56.4 Å². The molecule has 3 atom stereocenters. The molecule has 4 aliphatic heterocycles. The molecule has 14 nitrogen and oxygen atoms in total. The number of piperazine rings is 1. The van der Waals surface area contributed by atoms with Crippen LogP contribution in [0.4, 0.5) is 26.0 Å². The van der Waals surface area contributed by atoms with Crippen LogP contribution in [-0.4, -0.2) is 107 Å². The molecule has 6 aliphatic rings. The van der Waals surface area contributed by atoms with Crippen LogP contribution in [0.25, 0.3) is 32.9 Å². The Morgan fingerprint density at radius 1 is 1.03 bits per heavy atom. The van der Waals surface area contributed by atoms with Gasteiger partial charge in [0.2, 0.25) is 11.8 Å². The molecule has 6 fully saturated rings. The number of phenolic OH excluding ortho intramolecular Hbond substituents is 1. The highest BCUT2D eigenvalue weighted by molar-refractivity contribution is 6.17. The topological polar surface area (TPSA) is 181 Å². The molecule has 2 aliphatic carbocycles. The summed E-state index contributed by atoms with van der Waals surface area (Å²) in [6, 6.07) is 12.5. The van der Waals surface area contributed by atoms with E-state index in [0.29, 0.717) is 71.8 Å². The monoisotopic (exact) mass is 908 g/mol. The van der Waals surface area contributed by atoms with Gasteiger partial charge in [-0.1, -0.05) is 12.0 Å². The molecule has 0 radical (unpaired) electrons. The fraction of sp³-hybridized carbons (Fsp3) is 0.451. The van der Waals surface area contributed by atoms with Gasteiger partial charge in [-0.25, -0.2) is 8.78 Å². The summed E-state index contributed by atoms with van der Waals surface area (Å²) < 4.78 is 38.6. The summed E-state index contributed by atoms with van der Waals surface area (Å²) in [5, 5.41) is 33.6. The van der Waals surface area contributed by atoms with E-state index < -0.39 is 23.5 Å². The molecule has 11 rings (SSSR count). The molecule has 5 aromatic rings. The molecular weight excluding hydrogens is 855 g/mol. The number of fused-ring (bicyclic) bond motifs is 4. The van der Waals surface area contributed by atoms with Crippen LogP contribution in [0.3, 0.4) is 0 Å². The van der Waals surface area contributed by atoms with E-state index >= 15 is 8.78 Å². The van der Waals surface area contributed by atoms with E-state index in [9.17, 15) is 14.7 Å². The van der Waals surface area contributed by atoms with Crippen molar-refractivity contribution < 1.29 is 28.2 Å². The minimum absolute atomic E-state index is 0.0373. The smallest absolute Gasteiger partial charge is 0.319 e. The van der Waals surface area contributed by atoms with E-state index in [1.807, 2.05) is 25.2 Å². The number of imide groups is 1. The lowest BCUT2D eigenvalue weighted by molar-refractivity contribution is -0.134. The van der Waals surface area contributed by atoms with Gasteiger partial charge in [0.1, 0.15) is 28.6 Å². The molecule has 3 unspecified atom stereocenters. The highest BCUT2D eigenvalue weighted by atomic mass is 19.1. The second-order valence-electron chi connectivity index (χ2n) is 20.0. The lowest BCUT2D eigenvalue weighted by Gasteiger charge is -2.53. The third-order valence-electron chi connectivity index (χ3n) is 15.4. The SMILES string of the molecule is C#Cc1c(F)ccc2cc(O)cc(-c3ncc4c(N5CC6CCC(C5)N6)nc(OCC5(CN6CCC7(CC6)CC(Nc6ccc(C(=N)C8CCC(=O)NC8=O)c(NC)c6)C7)CC5)nc4c3F)c12. The summed E-state index contributed by atoms with van der Waals surface area (Å²) in [6.07, 6.45) is 16.5. The third-order valence-corrected chi connectivity index (χ3v) is 15.4. The molecule has 67 heavy (non-hydrogen) atoms. The number of aromatic hydroxyl groups is 1. The summed E-state index contributed by atoms with van der Waals surface area (Å²) in [4.78, 5) is 43.1. The van der Waals surface area contributed by atoms with Gasteiger partial charge in [0.25, 0.3) is 0 Å². The van der Waals surface area contributed by atoms with Gasteiger partial charge in [0.05, 0.1) is 29.2 Å². The van der Waals surface area contributed by atoms with Gasteiger partial charge in [0, 0.05) is 90.7 Å². The standard InChI is InChI=1S/C51H54F2N10O4/c1-3-34-39(52)10-4-28-18-33(64)20-37(42(28)34)45-43(53)46-38(23-56-45)47(63-24-30-5-6-31(25-63)58-30)61-49(60-46)67-27-51(12-13-51)26-62-16-14-50(15-17-62)21-32(22-50)57-29-7-8-35(40(19-29)55-2)44(54)36-9-11-41(65)59-48(36)66/h1,4,7-8,10,18-20,23,30-32,36,54-55,57-58,64H,5-6,9,11-17,21-22,24-27H2,2H3,(H,59,65,66). The molecule has 3 aromatic carbocycles. The van der Waals surface area contributed by atoms with E-state index in [4.69, 9.17) is 26.5 Å². The highest BCUT2D eigenvalue weighted by Crippen LogP contribution is 2.52. The maximum atomic E-state index is 17.1. The predicted molar refractivity (Wildman–Crippen MR) is 253 cm³/mol. The molecule has 2 aromatic heterocycles. The van der Waals surface area contributed by atoms with Gasteiger partial charge in [-0.2, -0.15) is 9.97 Å². The number of terminal acetylenes is 1. The van der Waals surface area contributed by atoms with Crippen LogP contribution >= 0.6 is 0 Å². The van der Waals surface area contributed by atoms with Crippen molar-refractivity contribution in [2.45, 2.75) is 82.3 Å². The van der Waals surface area contributed by atoms with Crippen molar-refractivity contribution in [2.24, 2.45) is 16.7 Å². The molecule has 2 saturated carbocycles. The van der Waals surface area contributed by atoms with Crippen LogP contribution in [0.2, 0.25) is 0 Å². The van der Waals surface area contributed by atoms with E-state index in [1.165, 1.54) is 24.3 Å². The molecule has 6 N–H and O–H groups in total. The molecule has 4 saturated heterocycles. The molecule has 16 heteroatoms. The molecular formula is C51H54F2N10O4. The van der Waals surface area contributed by atoms with Crippen molar-refractivity contribution in [3.8, 4) is 35.4 Å². The lowest BCUT2D eigenvalue weighted by Crippen LogP contribution is -2.52. The number of hydrogen-bond donors (Lipinski definition) is 6. The van der Waals surface area contributed by atoms with Gasteiger partial charge in [-0.05, 0) is 118 Å². The third kappa shape index (κ3) is 8.05. The summed E-state index contributed by atoms with van der Waals surface area (Å²) in [6.45, 7) is 4.73. The molecule has 1 spiro atoms. The average molecular weight is 909 g/mol. The van der Waals surface area contributed by atoms with Crippen molar-refractivity contribution in [1.82, 2.24) is 30.5 Å². The first-order chi connectivity index (χ1) is 32.4. The zero-order valence-electron chi connectivity index (χ0n) is 37.5. The first kappa shape index (κ1) is 43.1. The maximum Gasteiger partial charge on any atom is 0.319 e. The van der Waals surface area contributed by atoms with Crippen molar-refractivity contribution in [3.63, 3.8) is 0 Å². The first-order valence-electron chi connectivity index (χ1n) is 23.5. The van der Waals surface area contributed by atoms with Crippen LogP contribution < -0.4 is 30.9 Å². The highest BCUT2D eigenvalue weighted by Gasteiger charge is 2.49. The average Bonchev–Trinajstić information content (AvgIpc) is 4.00. The van der Waals surface area contributed by atoms with E-state index in [1.54, 1.807) is 6.20 Å². The second-order valence-corrected chi connectivity index (χ2v) is 20.0. The number of carbonyl (C=O) groups excluding carboxylic acids is 2. The van der Waals surface area contributed by atoms with Gasteiger partial charge < -0.3 is 41.0 Å². The zero-order chi connectivity index (χ0) is 46.2. The fourth-order valence-corrected chi connectivity index (χ4v) is 11.6. The second kappa shape index (κ2) is 16.7. The van der Waals surface area contributed by atoms with Crippen molar-refractivity contribution in [3.05, 3.63) is 71.4 Å². The number of phenols is 1. The van der Waals surface area contributed by atoms with E-state index in [0.717, 1.165) is 82.4 Å². The quantitative estimate of drug-likeness (QED) is 0.0443. The Balaban J connectivity index is 0.762. The fourth-order valence-electron chi connectivity index (χ4n) is 11.6. The number of nitrogens with zero attached hydrogens (tertiary/aromatic N) is 5. The zero-order valence-corrected chi connectivity index (χ0v) is 37.5. The van der Waals surface area contributed by atoms with Gasteiger partial charge >= 0.3 is 6.01 Å². The number of benzene rings is 3. The largest absolute Gasteiger partial charge is 0.508 e. The Morgan fingerprint density at radius 2 is 1.81 bits per heavy atom. The summed E-state index contributed by atoms with van der Waals surface area (Å²) >= 11 is 0. The van der Waals surface area contributed by atoms with Crippen molar-refractivity contribution in [1.29, 1.82) is 5.41 Å².